The van der Waals surface area contributed by atoms with E-state index in [9.17, 15) is 0 Å². The Morgan fingerprint density at radius 2 is 2.27 bits per heavy atom. The maximum Gasteiger partial charge on any atom is 0.0315 e. The quantitative estimate of drug-likeness (QED) is 0.785. The lowest BCUT2D eigenvalue weighted by molar-refractivity contribution is 0.359. The summed E-state index contributed by atoms with van der Waals surface area (Å²) in [6.45, 7) is 4.48. The first kappa shape index (κ1) is 10.6. The van der Waals surface area contributed by atoms with Gasteiger partial charge < -0.3 is 10.6 Å². The Morgan fingerprint density at radius 1 is 1.47 bits per heavy atom. The van der Waals surface area contributed by atoms with Gasteiger partial charge in [0.25, 0.3) is 0 Å². The Bertz CT molecular complexity index is 280. The van der Waals surface area contributed by atoms with Gasteiger partial charge in [-0.1, -0.05) is 6.07 Å². The summed E-state index contributed by atoms with van der Waals surface area (Å²) in [5, 5.41) is 7.03. The Balaban J connectivity index is 1.88. The predicted molar refractivity (Wildman–Crippen MR) is 61.7 cm³/mol. The van der Waals surface area contributed by atoms with E-state index >= 15 is 0 Å². The van der Waals surface area contributed by atoms with E-state index in [-0.39, 0.29) is 0 Å². The fourth-order valence-corrected chi connectivity index (χ4v) is 2.07. The van der Waals surface area contributed by atoms with E-state index in [4.69, 9.17) is 0 Å². The zero-order valence-corrected chi connectivity index (χ0v) is 9.24. The van der Waals surface area contributed by atoms with Crippen LogP contribution in [0.15, 0.2) is 24.5 Å². The van der Waals surface area contributed by atoms with E-state index in [2.05, 4.69) is 28.6 Å². The van der Waals surface area contributed by atoms with Gasteiger partial charge in [-0.3, -0.25) is 4.98 Å². The second kappa shape index (κ2) is 5.24. The molecule has 1 aliphatic heterocycles. The molecule has 2 rings (SSSR count). The summed E-state index contributed by atoms with van der Waals surface area (Å²) >= 11 is 0. The molecular weight excluding hydrogens is 186 g/mol. The average Bonchev–Trinajstić information content (AvgIpc) is 2.31. The Kier molecular flexibility index (Phi) is 3.69. The van der Waals surface area contributed by atoms with Gasteiger partial charge in [-0.2, -0.15) is 0 Å². The minimum atomic E-state index is 0.404. The molecule has 1 unspecified atom stereocenters. The van der Waals surface area contributed by atoms with Crippen LogP contribution < -0.4 is 10.6 Å². The van der Waals surface area contributed by atoms with Crippen molar-refractivity contribution in [1.82, 2.24) is 15.6 Å². The number of aromatic nitrogens is 1. The van der Waals surface area contributed by atoms with Crippen LogP contribution in [0.5, 0.6) is 0 Å². The van der Waals surface area contributed by atoms with Gasteiger partial charge in [0.15, 0.2) is 0 Å². The number of pyridine rings is 1. The first-order chi connectivity index (χ1) is 7.36. The van der Waals surface area contributed by atoms with Crippen molar-refractivity contribution in [2.45, 2.75) is 31.8 Å². The van der Waals surface area contributed by atoms with E-state index < -0.39 is 0 Å². The Morgan fingerprint density at radius 3 is 2.93 bits per heavy atom. The third-order valence-electron chi connectivity index (χ3n) is 3.01. The summed E-state index contributed by atoms with van der Waals surface area (Å²) < 4.78 is 0. The van der Waals surface area contributed by atoms with Crippen molar-refractivity contribution in [2.24, 2.45) is 0 Å². The number of hydrogen-bond donors (Lipinski definition) is 2. The van der Waals surface area contributed by atoms with Gasteiger partial charge in [0.05, 0.1) is 0 Å². The molecule has 1 aromatic heterocycles. The molecule has 2 heterocycles. The summed E-state index contributed by atoms with van der Waals surface area (Å²) in [6.07, 6.45) is 6.22. The number of piperidine rings is 1. The van der Waals surface area contributed by atoms with Crippen molar-refractivity contribution in [2.75, 3.05) is 13.1 Å². The van der Waals surface area contributed by atoms with Crippen LogP contribution in [-0.2, 0) is 0 Å². The standard InChI is InChI=1S/C12H19N3/c1-10(11-3-2-6-14-9-11)15-12-4-7-13-8-5-12/h2-3,6,9-10,12-13,15H,4-5,7-8H2,1H3. The molecule has 1 atom stereocenters. The lowest BCUT2D eigenvalue weighted by Gasteiger charge is -2.27. The van der Waals surface area contributed by atoms with Crippen molar-refractivity contribution >= 4 is 0 Å². The van der Waals surface area contributed by atoms with Gasteiger partial charge in [-0.05, 0) is 44.5 Å². The molecule has 0 spiro atoms. The Hall–Kier alpha value is -0.930. The van der Waals surface area contributed by atoms with Crippen LogP contribution >= 0.6 is 0 Å². The minimum Gasteiger partial charge on any atom is -0.317 e. The van der Waals surface area contributed by atoms with Gasteiger partial charge in [-0.15, -0.1) is 0 Å². The maximum absolute atomic E-state index is 4.15. The molecule has 82 valence electrons. The van der Waals surface area contributed by atoms with Crippen LogP contribution in [-0.4, -0.2) is 24.1 Å². The van der Waals surface area contributed by atoms with E-state index in [1.165, 1.54) is 18.4 Å². The van der Waals surface area contributed by atoms with Crippen molar-refractivity contribution in [3.8, 4) is 0 Å². The van der Waals surface area contributed by atoms with Crippen molar-refractivity contribution in [3.63, 3.8) is 0 Å². The fourth-order valence-electron chi connectivity index (χ4n) is 2.07. The summed E-state index contributed by atoms with van der Waals surface area (Å²) in [5.74, 6) is 0. The van der Waals surface area contributed by atoms with Crippen LogP contribution in [0.4, 0.5) is 0 Å². The van der Waals surface area contributed by atoms with Crippen LogP contribution in [0.2, 0.25) is 0 Å². The average molecular weight is 205 g/mol. The highest BCUT2D eigenvalue weighted by Gasteiger charge is 2.15. The van der Waals surface area contributed by atoms with Crippen molar-refractivity contribution in [1.29, 1.82) is 0 Å². The van der Waals surface area contributed by atoms with E-state index in [0.29, 0.717) is 12.1 Å². The van der Waals surface area contributed by atoms with Crippen LogP contribution in [0.25, 0.3) is 0 Å². The second-order valence-electron chi connectivity index (χ2n) is 4.20. The molecule has 1 aromatic rings. The van der Waals surface area contributed by atoms with Gasteiger partial charge >= 0.3 is 0 Å². The lowest BCUT2D eigenvalue weighted by Crippen LogP contribution is -2.40. The molecule has 3 nitrogen and oxygen atoms in total. The third-order valence-corrected chi connectivity index (χ3v) is 3.01. The highest BCUT2D eigenvalue weighted by Crippen LogP contribution is 2.13. The molecule has 1 aliphatic rings. The van der Waals surface area contributed by atoms with Gasteiger partial charge in [0.2, 0.25) is 0 Å². The SMILES string of the molecule is CC(NC1CCNCC1)c1cccnc1. The maximum atomic E-state index is 4.15. The molecule has 0 bridgehead atoms. The molecule has 0 aliphatic carbocycles. The molecule has 0 aromatic carbocycles. The number of hydrogen-bond acceptors (Lipinski definition) is 3. The largest absolute Gasteiger partial charge is 0.317 e. The first-order valence-corrected chi connectivity index (χ1v) is 5.73. The number of rotatable bonds is 3. The number of nitrogens with one attached hydrogen (secondary N) is 2. The van der Waals surface area contributed by atoms with Crippen LogP contribution in [0, 0.1) is 0 Å². The molecule has 15 heavy (non-hydrogen) atoms. The second-order valence-corrected chi connectivity index (χ2v) is 4.20. The summed E-state index contributed by atoms with van der Waals surface area (Å²) in [7, 11) is 0. The summed E-state index contributed by atoms with van der Waals surface area (Å²) in [6, 6.07) is 5.19. The van der Waals surface area contributed by atoms with E-state index in [1.807, 2.05) is 18.5 Å². The molecule has 2 N–H and O–H groups in total. The van der Waals surface area contributed by atoms with Gasteiger partial charge in [-0.25, -0.2) is 0 Å². The zero-order valence-electron chi connectivity index (χ0n) is 9.24. The van der Waals surface area contributed by atoms with Crippen molar-refractivity contribution < 1.29 is 0 Å². The first-order valence-electron chi connectivity index (χ1n) is 5.73. The van der Waals surface area contributed by atoms with Crippen LogP contribution in [0.1, 0.15) is 31.4 Å². The monoisotopic (exact) mass is 205 g/mol. The molecule has 1 saturated heterocycles. The molecule has 3 heteroatoms. The van der Waals surface area contributed by atoms with E-state index in [0.717, 1.165) is 13.1 Å². The highest BCUT2D eigenvalue weighted by molar-refractivity contribution is 5.13. The summed E-state index contributed by atoms with van der Waals surface area (Å²) in [4.78, 5) is 4.15. The fraction of sp³-hybridized carbons (Fsp3) is 0.583. The normalized spacial score (nSPS) is 20.1. The smallest absolute Gasteiger partial charge is 0.0315 e. The zero-order chi connectivity index (χ0) is 10.5. The lowest BCUT2D eigenvalue weighted by atomic mass is 10.0. The van der Waals surface area contributed by atoms with Gasteiger partial charge in [0.1, 0.15) is 0 Å². The predicted octanol–water partition coefficient (Wildman–Crippen LogP) is 1.48. The topological polar surface area (TPSA) is 37.0 Å². The molecule has 1 fully saturated rings. The third kappa shape index (κ3) is 3.01. The molecule has 0 amide bonds. The molecule has 0 radical (unpaired) electrons. The van der Waals surface area contributed by atoms with E-state index in [1.54, 1.807) is 0 Å². The van der Waals surface area contributed by atoms with Gasteiger partial charge in [0, 0.05) is 24.5 Å². The molecular formula is C12H19N3. The molecule has 0 saturated carbocycles. The summed E-state index contributed by atoms with van der Waals surface area (Å²) in [5.41, 5.74) is 1.27. The Labute approximate surface area is 91.3 Å². The minimum absolute atomic E-state index is 0.404. The van der Waals surface area contributed by atoms with Crippen molar-refractivity contribution in [3.05, 3.63) is 30.1 Å². The number of nitrogens with zero attached hydrogens (tertiary/aromatic N) is 1. The highest BCUT2D eigenvalue weighted by atomic mass is 15.0. The van der Waals surface area contributed by atoms with Crippen LogP contribution in [0.3, 0.4) is 0 Å².